The fraction of sp³-hybridized carbons (Fsp3) is 0.440. The van der Waals surface area contributed by atoms with Crippen LogP contribution in [0.25, 0.3) is 0 Å². The van der Waals surface area contributed by atoms with Gasteiger partial charge in [-0.1, -0.05) is 55.0 Å². The van der Waals surface area contributed by atoms with Crippen molar-refractivity contribution < 1.29 is 18.0 Å². The lowest BCUT2D eigenvalue weighted by molar-refractivity contribution is -0.138. The molecule has 0 saturated carbocycles. The van der Waals surface area contributed by atoms with Crippen molar-refractivity contribution in [2.24, 2.45) is 0 Å². The molecule has 0 aliphatic carbocycles. The fourth-order valence-corrected chi connectivity index (χ4v) is 4.55. The summed E-state index contributed by atoms with van der Waals surface area (Å²) in [5.74, 6) is -0.675. The lowest BCUT2D eigenvalue weighted by Crippen LogP contribution is -2.52. The Labute approximate surface area is 197 Å². The van der Waals surface area contributed by atoms with Crippen molar-refractivity contribution in [1.29, 1.82) is 0 Å². The van der Waals surface area contributed by atoms with Crippen LogP contribution in [0.15, 0.2) is 48.5 Å². The SMILES string of the molecule is CCCNC(=O)C(C)N(CCc1ccccc1)C(=O)CN(c1ccc(C)cc1C)S(C)(=O)=O. The average molecular weight is 474 g/mol. The van der Waals surface area contributed by atoms with Crippen LogP contribution in [0.3, 0.4) is 0 Å². The van der Waals surface area contributed by atoms with E-state index in [2.05, 4.69) is 5.32 Å². The van der Waals surface area contributed by atoms with Gasteiger partial charge >= 0.3 is 0 Å². The predicted molar refractivity (Wildman–Crippen MR) is 133 cm³/mol. The Morgan fingerprint density at radius 1 is 1.06 bits per heavy atom. The van der Waals surface area contributed by atoms with E-state index in [0.29, 0.717) is 25.2 Å². The number of rotatable bonds is 11. The molecule has 0 radical (unpaired) electrons. The first-order chi connectivity index (χ1) is 15.5. The second-order valence-electron chi connectivity index (χ2n) is 8.35. The minimum Gasteiger partial charge on any atom is -0.354 e. The first-order valence-corrected chi connectivity index (χ1v) is 13.1. The highest BCUT2D eigenvalue weighted by Crippen LogP contribution is 2.24. The van der Waals surface area contributed by atoms with Gasteiger partial charge in [-0.25, -0.2) is 8.42 Å². The van der Waals surface area contributed by atoms with Gasteiger partial charge in [0.1, 0.15) is 12.6 Å². The standard InChI is InChI=1S/C25H35N3O4S/c1-6-15-26-25(30)21(4)27(16-14-22-10-8-7-9-11-22)24(29)18-28(33(5,31)32)23-13-12-19(2)17-20(23)3/h7-13,17,21H,6,14-16,18H2,1-5H3,(H,26,30). The first kappa shape index (κ1) is 26.4. The predicted octanol–water partition coefficient (Wildman–Crippen LogP) is 3.06. The quantitative estimate of drug-likeness (QED) is 0.543. The van der Waals surface area contributed by atoms with E-state index in [-0.39, 0.29) is 12.5 Å². The summed E-state index contributed by atoms with van der Waals surface area (Å²) in [6, 6.07) is 14.4. The number of nitrogens with one attached hydrogen (secondary N) is 1. The molecule has 0 aliphatic heterocycles. The van der Waals surface area contributed by atoms with Gasteiger partial charge in [0.05, 0.1) is 11.9 Å². The van der Waals surface area contributed by atoms with Gasteiger partial charge in [0.25, 0.3) is 0 Å². The topological polar surface area (TPSA) is 86.8 Å². The normalized spacial score (nSPS) is 12.2. The fourth-order valence-electron chi connectivity index (χ4n) is 3.65. The van der Waals surface area contributed by atoms with Crippen molar-refractivity contribution in [3.63, 3.8) is 0 Å². The summed E-state index contributed by atoms with van der Waals surface area (Å²) in [7, 11) is -3.72. The molecule has 0 aromatic heterocycles. The van der Waals surface area contributed by atoms with Crippen LogP contribution in [0.1, 0.15) is 37.0 Å². The summed E-state index contributed by atoms with van der Waals surface area (Å²) in [6.07, 6.45) is 2.43. The number of sulfonamides is 1. The Morgan fingerprint density at radius 2 is 1.73 bits per heavy atom. The highest BCUT2D eigenvalue weighted by molar-refractivity contribution is 7.92. The van der Waals surface area contributed by atoms with Crippen LogP contribution in [0.4, 0.5) is 5.69 Å². The molecule has 180 valence electrons. The van der Waals surface area contributed by atoms with Crippen molar-refractivity contribution in [3.8, 4) is 0 Å². The number of amides is 2. The van der Waals surface area contributed by atoms with Crippen molar-refractivity contribution in [1.82, 2.24) is 10.2 Å². The van der Waals surface area contributed by atoms with Gasteiger partial charge in [0.2, 0.25) is 21.8 Å². The summed E-state index contributed by atoms with van der Waals surface area (Å²) in [6.45, 7) is 7.82. The van der Waals surface area contributed by atoms with E-state index < -0.39 is 22.0 Å². The minimum absolute atomic E-state index is 0.254. The largest absolute Gasteiger partial charge is 0.354 e. The molecule has 2 amide bonds. The summed E-state index contributed by atoms with van der Waals surface area (Å²) >= 11 is 0. The molecule has 0 heterocycles. The van der Waals surface area contributed by atoms with Crippen LogP contribution in [0.2, 0.25) is 0 Å². The summed E-state index contributed by atoms with van der Waals surface area (Å²) in [5.41, 5.74) is 3.26. The molecule has 33 heavy (non-hydrogen) atoms. The van der Waals surface area contributed by atoms with Crippen LogP contribution in [0.5, 0.6) is 0 Å². The number of anilines is 1. The maximum Gasteiger partial charge on any atom is 0.244 e. The van der Waals surface area contributed by atoms with E-state index in [1.807, 2.05) is 63.2 Å². The van der Waals surface area contributed by atoms with Crippen LogP contribution >= 0.6 is 0 Å². The number of hydrogen-bond acceptors (Lipinski definition) is 4. The molecule has 2 aromatic rings. The van der Waals surface area contributed by atoms with Crippen molar-refractivity contribution in [2.75, 3.05) is 30.2 Å². The highest BCUT2D eigenvalue weighted by atomic mass is 32.2. The highest BCUT2D eigenvalue weighted by Gasteiger charge is 2.30. The first-order valence-electron chi connectivity index (χ1n) is 11.2. The maximum absolute atomic E-state index is 13.4. The van der Waals surface area contributed by atoms with Crippen molar-refractivity contribution in [2.45, 2.75) is 46.6 Å². The Morgan fingerprint density at radius 3 is 2.30 bits per heavy atom. The number of nitrogens with zero attached hydrogens (tertiary/aromatic N) is 2. The van der Waals surface area contributed by atoms with Gasteiger partial charge in [-0.15, -0.1) is 0 Å². The zero-order valence-corrected chi connectivity index (χ0v) is 21.0. The molecule has 2 rings (SSSR count). The van der Waals surface area contributed by atoms with E-state index in [9.17, 15) is 18.0 Å². The second-order valence-corrected chi connectivity index (χ2v) is 10.3. The molecule has 1 unspecified atom stereocenters. The van der Waals surface area contributed by atoms with Gasteiger partial charge in [-0.05, 0) is 50.8 Å². The van der Waals surface area contributed by atoms with Crippen LogP contribution in [0, 0.1) is 13.8 Å². The molecule has 2 aromatic carbocycles. The van der Waals surface area contributed by atoms with Gasteiger partial charge < -0.3 is 10.2 Å². The summed E-state index contributed by atoms with van der Waals surface area (Å²) in [4.78, 5) is 27.6. The number of aryl methyl sites for hydroxylation is 2. The van der Waals surface area contributed by atoms with Gasteiger partial charge in [0, 0.05) is 13.1 Å². The third kappa shape index (κ3) is 7.60. The molecule has 0 saturated heterocycles. The number of carbonyl (C=O) groups excluding carboxylic acids is 2. The van der Waals surface area contributed by atoms with E-state index in [1.165, 1.54) is 4.90 Å². The molecule has 7 nitrogen and oxygen atoms in total. The molecule has 0 spiro atoms. The lowest BCUT2D eigenvalue weighted by Gasteiger charge is -2.32. The monoisotopic (exact) mass is 473 g/mol. The molecule has 1 N–H and O–H groups in total. The van der Waals surface area contributed by atoms with Gasteiger partial charge in [0.15, 0.2) is 0 Å². The Balaban J connectivity index is 2.32. The smallest absolute Gasteiger partial charge is 0.244 e. The van der Waals surface area contributed by atoms with Crippen LogP contribution < -0.4 is 9.62 Å². The van der Waals surface area contributed by atoms with Crippen LogP contribution in [-0.4, -0.2) is 57.1 Å². The Hall–Kier alpha value is -2.87. The molecule has 0 bridgehead atoms. The molecular formula is C25H35N3O4S. The Bertz CT molecular complexity index is 1050. The number of hydrogen-bond donors (Lipinski definition) is 1. The summed E-state index contributed by atoms with van der Waals surface area (Å²) in [5, 5.41) is 2.83. The summed E-state index contributed by atoms with van der Waals surface area (Å²) < 4.78 is 26.4. The average Bonchev–Trinajstić information content (AvgIpc) is 2.76. The lowest BCUT2D eigenvalue weighted by atomic mass is 10.1. The third-order valence-corrected chi connectivity index (χ3v) is 6.63. The van der Waals surface area contributed by atoms with Gasteiger partial charge in [-0.2, -0.15) is 0 Å². The Kier molecular flexibility index (Phi) is 9.46. The van der Waals surface area contributed by atoms with E-state index in [0.717, 1.165) is 33.7 Å². The maximum atomic E-state index is 13.4. The molecule has 0 fully saturated rings. The van der Waals surface area contributed by atoms with Crippen molar-refractivity contribution in [3.05, 3.63) is 65.2 Å². The number of carbonyl (C=O) groups is 2. The zero-order chi connectivity index (χ0) is 24.6. The van der Waals surface area contributed by atoms with Crippen molar-refractivity contribution >= 4 is 27.5 Å². The third-order valence-electron chi connectivity index (χ3n) is 5.50. The van der Waals surface area contributed by atoms with E-state index >= 15 is 0 Å². The van der Waals surface area contributed by atoms with Gasteiger partial charge in [-0.3, -0.25) is 13.9 Å². The van der Waals surface area contributed by atoms with Crippen LogP contribution in [-0.2, 0) is 26.0 Å². The zero-order valence-electron chi connectivity index (χ0n) is 20.2. The molecule has 8 heteroatoms. The number of benzene rings is 2. The van der Waals surface area contributed by atoms with E-state index in [4.69, 9.17) is 0 Å². The van der Waals surface area contributed by atoms with E-state index in [1.54, 1.807) is 13.0 Å². The molecule has 0 aliphatic rings. The molecular weight excluding hydrogens is 438 g/mol. The molecule has 1 atom stereocenters. The second kappa shape index (κ2) is 11.8. The minimum atomic E-state index is -3.72.